The first-order chi connectivity index (χ1) is 14.0. The van der Waals surface area contributed by atoms with Crippen LogP contribution in [0.2, 0.25) is 0 Å². The van der Waals surface area contributed by atoms with Crippen LogP contribution in [-0.2, 0) is 19.3 Å². The van der Waals surface area contributed by atoms with E-state index in [0.717, 1.165) is 12.8 Å². The van der Waals surface area contributed by atoms with Gasteiger partial charge in [-0.25, -0.2) is 0 Å². The Morgan fingerprint density at radius 3 is 2.34 bits per heavy atom. The third-order valence-corrected chi connectivity index (χ3v) is 5.42. The summed E-state index contributed by atoms with van der Waals surface area (Å²) in [6.45, 7) is 0. The zero-order chi connectivity index (χ0) is 20.4. The molecule has 0 aromatic heterocycles. The van der Waals surface area contributed by atoms with E-state index in [0.29, 0.717) is 28.9 Å². The van der Waals surface area contributed by atoms with E-state index < -0.39 is 12.2 Å². The number of phenolic OH excluding ortho intramolecular Hbond substituents is 3. The molecule has 4 rings (SSSR count). The highest BCUT2D eigenvalue weighted by Gasteiger charge is 2.33. The lowest BCUT2D eigenvalue weighted by atomic mass is 9.91. The van der Waals surface area contributed by atoms with Crippen molar-refractivity contribution in [3.8, 4) is 23.0 Å². The Hall–Kier alpha value is -3.18. The van der Waals surface area contributed by atoms with Gasteiger partial charge in [-0.05, 0) is 42.5 Å². The Kier molecular flexibility index (Phi) is 5.32. The molecule has 29 heavy (non-hydrogen) atoms. The van der Waals surface area contributed by atoms with Crippen LogP contribution < -0.4 is 4.74 Å². The number of aryl methyl sites for hydroxylation is 1. The van der Waals surface area contributed by atoms with Gasteiger partial charge in [0.05, 0.1) is 6.10 Å². The normalized spacial score (nSPS) is 18.1. The van der Waals surface area contributed by atoms with Crippen molar-refractivity contribution >= 4 is 0 Å². The summed E-state index contributed by atoms with van der Waals surface area (Å²) in [4.78, 5) is 0. The maximum Gasteiger partial charge on any atom is 0.150 e. The molecule has 2 atom stereocenters. The van der Waals surface area contributed by atoms with Crippen molar-refractivity contribution in [3.05, 3.63) is 82.9 Å². The molecule has 0 fully saturated rings. The fourth-order valence-electron chi connectivity index (χ4n) is 3.87. The molecule has 3 aromatic carbocycles. The molecule has 1 heterocycles. The van der Waals surface area contributed by atoms with E-state index in [1.165, 1.54) is 23.8 Å². The van der Waals surface area contributed by atoms with Gasteiger partial charge in [0, 0.05) is 23.6 Å². The van der Waals surface area contributed by atoms with E-state index in [9.17, 15) is 20.4 Å². The van der Waals surface area contributed by atoms with Crippen molar-refractivity contribution in [3.63, 3.8) is 0 Å². The highest BCUT2D eigenvalue weighted by Crippen LogP contribution is 2.45. The molecule has 0 saturated heterocycles. The molecular weight excluding hydrogens is 368 g/mol. The van der Waals surface area contributed by atoms with Crippen molar-refractivity contribution in [2.75, 3.05) is 0 Å². The molecule has 0 aliphatic carbocycles. The first-order valence-electron chi connectivity index (χ1n) is 9.77. The van der Waals surface area contributed by atoms with Crippen molar-refractivity contribution in [2.24, 2.45) is 0 Å². The van der Waals surface area contributed by atoms with Crippen molar-refractivity contribution in [2.45, 2.75) is 37.9 Å². The Morgan fingerprint density at radius 2 is 1.62 bits per heavy atom. The summed E-state index contributed by atoms with van der Waals surface area (Å²) in [5.41, 5.74) is 2.92. The highest BCUT2D eigenvalue weighted by atomic mass is 16.5. The van der Waals surface area contributed by atoms with Gasteiger partial charge in [-0.2, -0.15) is 0 Å². The Balaban J connectivity index is 1.53. The minimum Gasteiger partial charge on any atom is -0.508 e. The van der Waals surface area contributed by atoms with Crippen LogP contribution in [0.3, 0.4) is 0 Å². The minimum absolute atomic E-state index is 0.00346. The van der Waals surface area contributed by atoms with E-state index in [1.807, 2.05) is 18.2 Å². The number of rotatable bonds is 5. The fraction of sp³-hybridized carbons (Fsp3) is 0.250. The highest BCUT2D eigenvalue weighted by molar-refractivity contribution is 5.57. The summed E-state index contributed by atoms with van der Waals surface area (Å²) in [5.74, 6) is 0.497. The van der Waals surface area contributed by atoms with E-state index in [-0.39, 0.29) is 23.7 Å². The number of benzene rings is 3. The van der Waals surface area contributed by atoms with Gasteiger partial charge in [-0.1, -0.05) is 42.5 Å². The van der Waals surface area contributed by atoms with Crippen LogP contribution in [0.4, 0.5) is 0 Å². The molecular formula is C24H24O5. The molecule has 5 heteroatoms. The summed E-state index contributed by atoms with van der Waals surface area (Å²) in [7, 11) is 0. The van der Waals surface area contributed by atoms with E-state index >= 15 is 0 Å². The maximum atomic E-state index is 10.7. The monoisotopic (exact) mass is 392 g/mol. The van der Waals surface area contributed by atoms with E-state index in [4.69, 9.17) is 4.74 Å². The summed E-state index contributed by atoms with van der Waals surface area (Å²) in [5, 5.41) is 41.3. The molecule has 0 amide bonds. The molecule has 4 N–H and O–H groups in total. The van der Waals surface area contributed by atoms with E-state index in [1.54, 1.807) is 12.1 Å². The second-order valence-electron chi connectivity index (χ2n) is 7.44. The Labute approximate surface area is 169 Å². The number of hydrogen-bond donors (Lipinski definition) is 4. The predicted molar refractivity (Wildman–Crippen MR) is 109 cm³/mol. The van der Waals surface area contributed by atoms with Gasteiger partial charge in [-0.15, -0.1) is 0 Å². The molecule has 0 bridgehead atoms. The van der Waals surface area contributed by atoms with Crippen LogP contribution in [0.15, 0.2) is 60.7 Å². The molecule has 5 nitrogen and oxygen atoms in total. The van der Waals surface area contributed by atoms with Crippen molar-refractivity contribution in [1.29, 1.82) is 0 Å². The predicted octanol–water partition coefficient (Wildman–Crippen LogP) is 4.02. The van der Waals surface area contributed by atoms with Crippen molar-refractivity contribution < 1.29 is 25.2 Å². The number of aliphatic hydroxyl groups excluding tert-OH is 1. The smallest absolute Gasteiger partial charge is 0.150 e. The summed E-state index contributed by atoms with van der Waals surface area (Å²) >= 11 is 0. The van der Waals surface area contributed by atoms with Crippen LogP contribution in [0.1, 0.15) is 34.8 Å². The number of hydrogen-bond acceptors (Lipinski definition) is 5. The fourth-order valence-corrected chi connectivity index (χ4v) is 3.87. The number of aromatic hydroxyl groups is 3. The summed E-state index contributed by atoms with van der Waals surface area (Å²) in [6, 6.07) is 18.0. The number of phenols is 3. The molecule has 0 spiro atoms. The van der Waals surface area contributed by atoms with Gasteiger partial charge in [0.15, 0.2) is 0 Å². The zero-order valence-electron chi connectivity index (χ0n) is 16.0. The van der Waals surface area contributed by atoms with Crippen LogP contribution in [0.25, 0.3) is 0 Å². The number of aliphatic hydroxyl groups is 1. The van der Waals surface area contributed by atoms with Crippen LogP contribution >= 0.6 is 0 Å². The molecule has 0 radical (unpaired) electrons. The number of fused-ring (bicyclic) bond motifs is 1. The first-order valence-corrected chi connectivity index (χ1v) is 9.77. The topological polar surface area (TPSA) is 90.2 Å². The van der Waals surface area contributed by atoms with Gasteiger partial charge >= 0.3 is 0 Å². The largest absolute Gasteiger partial charge is 0.508 e. The average Bonchev–Trinajstić information content (AvgIpc) is 2.72. The SMILES string of the molecule is Oc1ccc([C@H]2Oc3cc(O)c(CCCc4ccccc4)c(O)c3C[C@@H]2O)cc1. The third kappa shape index (κ3) is 4.00. The standard InChI is InChI=1S/C24H24O5/c25-17-11-9-16(10-12-17)24-21(27)13-19-22(29-24)14-20(26)18(23(19)28)8-4-7-15-5-2-1-3-6-15/h1-3,5-6,9-12,14,21,24-28H,4,7-8,13H2/t21-,24+/m0/s1. The molecule has 0 saturated carbocycles. The minimum atomic E-state index is -0.848. The molecule has 3 aromatic rings. The molecule has 1 aliphatic rings. The van der Waals surface area contributed by atoms with E-state index in [2.05, 4.69) is 12.1 Å². The molecule has 150 valence electrons. The van der Waals surface area contributed by atoms with Gasteiger partial charge in [0.25, 0.3) is 0 Å². The van der Waals surface area contributed by atoms with Gasteiger partial charge in [-0.3, -0.25) is 0 Å². The molecule has 1 aliphatic heterocycles. The second-order valence-corrected chi connectivity index (χ2v) is 7.44. The Morgan fingerprint density at radius 1 is 0.897 bits per heavy atom. The van der Waals surface area contributed by atoms with Crippen LogP contribution in [-0.4, -0.2) is 26.5 Å². The lowest BCUT2D eigenvalue weighted by Gasteiger charge is -2.32. The van der Waals surface area contributed by atoms with Gasteiger partial charge in [0.2, 0.25) is 0 Å². The first kappa shape index (κ1) is 19.2. The maximum absolute atomic E-state index is 10.7. The zero-order valence-corrected chi connectivity index (χ0v) is 16.0. The van der Waals surface area contributed by atoms with Crippen LogP contribution in [0, 0.1) is 0 Å². The van der Waals surface area contributed by atoms with Gasteiger partial charge < -0.3 is 25.2 Å². The lowest BCUT2D eigenvalue weighted by Crippen LogP contribution is -2.30. The summed E-state index contributed by atoms with van der Waals surface area (Å²) < 4.78 is 5.91. The lowest BCUT2D eigenvalue weighted by molar-refractivity contribution is 0.0197. The Bertz CT molecular complexity index is 982. The quantitative estimate of drug-likeness (QED) is 0.527. The molecule has 0 unspecified atom stereocenters. The van der Waals surface area contributed by atoms with Crippen molar-refractivity contribution in [1.82, 2.24) is 0 Å². The van der Waals surface area contributed by atoms with Gasteiger partial charge in [0.1, 0.15) is 29.1 Å². The third-order valence-electron chi connectivity index (χ3n) is 5.42. The second kappa shape index (κ2) is 8.05. The summed E-state index contributed by atoms with van der Waals surface area (Å²) in [6.07, 6.45) is 0.892. The average molecular weight is 392 g/mol. The number of ether oxygens (including phenoxy) is 1. The van der Waals surface area contributed by atoms with Crippen LogP contribution in [0.5, 0.6) is 23.0 Å².